The van der Waals surface area contributed by atoms with Crippen LogP contribution in [-0.2, 0) is 16.8 Å². The van der Waals surface area contributed by atoms with Gasteiger partial charge in [0, 0.05) is 18.0 Å². The second-order valence-corrected chi connectivity index (χ2v) is 7.22. The Bertz CT molecular complexity index is 470. The maximum Gasteiger partial charge on any atom is 0.279 e. The van der Waals surface area contributed by atoms with E-state index >= 15 is 0 Å². The van der Waals surface area contributed by atoms with E-state index in [9.17, 15) is 8.42 Å². The van der Waals surface area contributed by atoms with Crippen molar-refractivity contribution in [3.63, 3.8) is 0 Å². The molecule has 0 spiro atoms. The van der Waals surface area contributed by atoms with Crippen LogP contribution in [0.1, 0.15) is 28.4 Å². The van der Waals surface area contributed by atoms with Gasteiger partial charge in [-0.05, 0) is 26.7 Å². The molecule has 2 rings (SSSR count). The summed E-state index contributed by atoms with van der Waals surface area (Å²) in [6, 6.07) is 0. The van der Waals surface area contributed by atoms with Gasteiger partial charge in [-0.3, -0.25) is 0 Å². The number of aryl methyl sites for hydroxylation is 2. The molecule has 17 heavy (non-hydrogen) atoms. The van der Waals surface area contributed by atoms with Crippen molar-refractivity contribution in [1.82, 2.24) is 14.0 Å². The summed E-state index contributed by atoms with van der Waals surface area (Å²) in [4.78, 5) is 5.45. The zero-order valence-corrected chi connectivity index (χ0v) is 11.7. The number of nitrogens with zero attached hydrogens (tertiary/aromatic N) is 2. The molecule has 1 aliphatic rings. The first-order valence-corrected chi connectivity index (χ1v) is 7.92. The lowest BCUT2D eigenvalue weighted by Gasteiger charge is -2.15. The van der Waals surface area contributed by atoms with Crippen molar-refractivity contribution in [3.05, 3.63) is 15.6 Å². The van der Waals surface area contributed by atoms with Gasteiger partial charge in [-0.1, -0.05) is 0 Å². The molecule has 5 nitrogen and oxygen atoms in total. The molecule has 1 aromatic rings. The summed E-state index contributed by atoms with van der Waals surface area (Å²) in [5.74, 6) is 0. The number of hydrogen-bond donors (Lipinski definition) is 1. The van der Waals surface area contributed by atoms with Crippen LogP contribution in [0.25, 0.3) is 0 Å². The van der Waals surface area contributed by atoms with Gasteiger partial charge in [0.15, 0.2) is 0 Å². The number of rotatable bonds is 4. The number of aromatic nitrogens is 1. The highest BCUT2D eigenvalue weighted by molar-refractivity contribution is 7.87. The zero-order chi connectivity index (χ0) is 12.5. The fraction of sp³-hybridized carbons (Fsp3) is 0.700. The molecule has 0 radical (unpaired) electrons. The van der Waals surface area contributed by atoms with Crippen LogP contribution in [0.15, 0.2) is 0 Å². The van der Waals surface area contributed by atoms with E-state index in [1.807, 2.05) is 13.8 Å². The van der Waals surface area contributed by atoms with Crippen LogP contribution in [0, 0.1) is 13.8 Å². The first-order valence-electron chi connectivity index (χ1n) is 5.67. The monoisotopic (exact) mass is 275 g/mol. The van der Waals surface area contributed by atoms with E-state index in [1.54, 1.807) is 11.3 Å². The predicted molar refractivity (Wildman–Crippen MR) is 68.2 cm³/mol. The second kappa shape index (κ2) is 5.01. The molecule has 0 atom stereocenters. The van der Waals surface area contributed by atoms with Crippen molar-refractivity contribution in [1.29, 1.82) is 0 Å². The Balaban J connectivity index is 1.97. The number of hydrogen-bond acceptors (Lipinski definition) is 4. The summed E-state index contributed by atoms with van der Waals surface area (Å²) < 4.78 is 27.9. The normalized spacial score (nSPS) is 17.8. The van der Waals surface area contributed by atoms with Gasteiger partial charge in [-0.2, -0.15) is 17.4 Å². The van der Waals surface area contributed by atoms with Crippen LogP contribution < -0.4 is 4.72 Å². The summed E-state index contributed by atoms with van der Waals surface area (Å²) in [7, 11) is -3.31. The van der Waals surface area contributed by atoms with E-state index in [1.165, 1.54) is 4.31 Å². The fourth-order valence-electron chi connectivity index (χ4n) is 1.79. The predicted octanol–water partition coefficient (Wildman–Crippen LogP) is 1.19. The Hall–Kier alpha value is -0.500. The minimum Gasteiger partial charge on any atom is -0.245 e. The Morgan fingerprint density at radius 2 is 2.00 bits per heavy atom. The van der Waals surface area contributed by atoms with Crippen molar-refractivity contribution in [3.8, 4) is 0 Å². The second-order valence-electron chi connectivity index (χ2n) is 4.18. The Labute approximate surface area is 106 Å². The van der Waals surface area contributed by atoms with Crippen LogP contribution in [0.2, 0.25) is 0 Å². The molecule has 1 fully saturated rings. The van der Waals surface area contributed by atoms with E-state index < -0.39 is 10.2 Å². The van der Waals surface area contributed by atoms with Crippen molar-refractivity contribution >= 4 is 21.5 Å². The zero-order valence-electron chi connectivity index (χ0n) is 10.1. The number of nitrogens with one attached hydrogen (secondary N) is 1. The summed E-state index contributed by atoms with van der Waals surface area (Å²) >= 11 is 1.54. The fourth-order valence-corrected chi connectivity index (χ4v) is 3.99. The van der Waals surface area contributed by atoms with E-state index in [2.05, 4.69) is 9.71 Å². The molecule has 1 aromatic heterocycles. The third-order valence-corrected chi connectivity index (χ3v) is 5.51. The first kappa shape index (κ1) is 12.9. The smallest absolute Gasteiger partial charge is 0.245 e. The topological polar surface area (TPSA) is 62.3 Å². The number of thiazole rings is 1. The van der Waals surface area contributed by atoms with Gasteiger partial charge in [0.1, 0.15) is 5.01 Å². The largest absolute Gasteiger partial charge is 0.279 e. The van der Waals surface area contributed by atoms with Gasteiger partial charge in [-0.25, -0.2) is 4.98 Å². The van der Waals surface area contributed by atoms with Crippen LogP contribution in [0.3, 0.4) is 0 Å². The Morgan fingerprint density at radius 3 is 2.53 bits per heavy atom. The molecule has 0 amide bonds. The van der Waals surface area contributed by atoms with Crippen molar-refractivity contribution in [2.75, 3.05) is 13.1 Å². The summed E-state index contributed by atoms with van der Waals surface area (Å²) in [6.45, 7) is 5.48. The van der Waals surface area contributed by atoms with Gasteiger partial charge in [-0.15, -0.1) is 11.3 Å². The standard InChI is InChI=1S/C10H17N3O2S2/c1-8-9(2)16-10(12-8)7-11-17(14,15)13-5-3-4-6-13/h11H,3-7H2,1-2H3. The maximum atomic E-state index is 11.9. The summed E-state index contributed by atoms with van der Waals surface area (Å²) in [5.41, 5.74) is 0.977. The maximum absolute atomic E-state index is 11.9. The van der Waals surface area contributed by atoms with E-state index in [-0.39, 0.29) is 6.54 Å². The van der Waals surface area contributed by atoms with Crippen LogP contribution in [0.5, 0.6) is 0 Å². The van der Waals surface area contributed by atoms with Crippen molar-refractivity contribution in [2.45, 2.75) is 33.2 Å². The molecular weight excluding hydrogens is 258 g/mol. The molecule has 0 aliphatic carbocycles. The molecule has 0 bridgehead atoms. The lowest BCUT2D eigenvalue weighted by Crippen LogP contribution is -2.38. The first-order chi connectivity index (χ1) is 7.99. The Kier molecular flexibility index (Phi) is 3.82. The van der Waals surface area contributed by atoms with E-state index in [0.717, 1.165) is 28.4 Å². The van der Waals surface area contributed by atoms with Gasteiger partial charge in [0.05, 0.1) is 12.2 Å². The molecule has 0 saturated carbocycles. The molecule has 1 aliphatic heterocycles. The minimum atomic E-state index is -3.31. The van der Waals surface area contributed by atoms with E-state index in [0.29, 0.717) is 13.1 Å². The van der Waals surface area contributed by atoms with Crippen LogP contribution in [0.4, 0.5) is 0 Å². The third-order valence-electron chi connectivity index (χ3n) is 2.88. The average Bonchev–Trinajstić information content (AvgIpc) is 2.87. The molecule has 1 N–H and O–H groups in total. The summed E-state index contributed by atoms with van der Waals surface area (Å²) in [5, 5.41) is 0.822. The molecule has 0 aromatic carbocycles. The van der Waals surface area contributed by atoms with Gasteiger partial charge < -0.3 is 0 Å². The molecule has 7 heteroatoms. The average molecular weight is 275 g/mol. The van der Waals surface area contributed by atoms with Crippen LogP contribution >= 0.6 is 11.3 Å². The Morgan fingerprint density at radius 1 is 1.35 bits per heavy atom. The molecule has 1 saturated heterocycles. The highest BCUT2D eigenvalue weighted by atomic mass is 32.2. The minimum absolute atomic E-state index is 0.290. The molecular formula is C10H17N3O2S2. The van der Waals surface area contributed by atoms with Crippen LogP contribution in [-0.4, -0.2) is 30.8 Å². The van der Waals surface area contributed by atoms with Gasteiger partial charge in [0.2, 0.25) is 0 Å². The van der Waals surface area contributed by atoms with Gasteiger partial charge >= 0.3 is 0 Å². The highest BCUT2D eigenvalue weighted by Gasteiger charge is 2.24. The van der Waals surface area contributed by atoms with Crippen molar-refractivity contribution in [2.24, 2.45) is 0 Å². The molecule has 96 valence electrons. The molecule has 2 heterocycles. The van der Waals surface area contributed by atoms with Crippen molar-refractivity contribution < 1.29 is 8.42 Å². The van der Waals surface area contributed by atoms with E-state index in [4.69, 9.17) is 0 Å². The van der Waals surface area contributed by atoms with Gasteiger partial charge in [0.25, 0.3) is 10.2 Å². The highest BCUT2D eigenvalue weighted by Crippen LogP contribution is 2.17. The quantitative estimate of drug-likeness (QED) is 0.898. The molecule has 0 unspecified atom stereocenters. The lowest BCUT2D eigenvalue weighted by atomic mass is 10.4. The lowest BCUT2D eigenvalue weighted by molar-refractivity contribution is 0.464. The SMILES string of the molecule is Cc1nc(CNS(=O)(=O)N2CCCC2)sc1C. The third kappa shape index (κ3) is 3.04. The summed E-state index contributed by atoms with van der Waals surface area (Å²) in [6.07, 6.45) is 1.91.